The van der Waals surface area contributed by atoms with Gasteiger partial charge in [0.2, 0.25) is 11.8 Å². The van der Waals surface area contributed by atoms with Crippen LogP contribution in [-0.2, 0) is 4.79 Å². The molecule has 0 heterocycles. The number of ether oxygens (including phenoxy) is 1. The Morgan fingerprint density at radius 2 is 1.77 bits per heavy atom. The van der Waals surface area contributed by atoms with Gasteiger partial charge < -0.3 is 15.8 Å². The Balaban J connectivity index is 1.97. The Morgan fingerprint density at radius 1 is 1.12 bits per heavy atom. The highest BCUT2D eigenvalue weighted by molar-refractivity contribution is 9.10. The molecule has 2 amide bonds. The standard InChI is InChI=1S/C19H22BrN3O3/c1-11(14-6-9-17(26-3)16(20)10-14)22-12(2)19(25)23-15-7-4-13(5-8-15)18(21)24/h4-12,22H,1-3H3,(H2,21,24)(H,23,25)/t11-,12+/m1/s1. The monoisotopic (exact) mass is 419 g/mol. The summed E-state index contributed by atoms with van der Waals surface area (Å²) in [6, 6.07) is 11.8. The molecule has 6 nitrogen and oxygen atoms in total. The topological polar surface area (TPSA) is 93.4 Å². The van der Waals surface area contributed by atoms with E-state index >= 15 is 0 Å². The predicted octanol–water partition coefficient (Wildman–Crippen LogP) is 3.23. The molecule has 0 saturated heterocycles. The van der Waals surface area contributed by atoms with E-state index in [1.54, 1.807) is 38.3 Å². The highest BCUT2D eigenvalue weighted by atomic mass is 79.9. The van der Waals surface area contributed by atoms with Gasteiger partial charge in [0.1, 0.15) is 5.75 Å². The van der Waals surface area contributed by atoms with E-state index in [-0.39, 0.29) is 11.9 Å². The lowest BCUT2D eigenvalue weighted by Gasteiger charge is -2.20. The summed E-state index contributed by atoms with van der Waals surface area (Å²) in [6.45, 7) is 3.78. The molecule has 4 N–H and O–H groups in total. The minimum Gasteiger partial charge on any atom is -0.496 e. The maximum atomic E-state index is 12.4. The molecule has 26 heavy (non-hydrogen) atoms. The van der Waals surface area contributed by atoms with Crippen molar-refractivity contribution >= 4 is 33.4 Å². The predicted molar refractivity (Wildman–Crippen MR) is 105 cm³/mol. The van der Waals surface area contributed by atoms with Crippen LogP contribution in [0.5, 0.6) is 5.75 Å². The molecular formula is C19H22BrN3O3. The van der Waals surface area contributed by atoms with Gasteiger partial charge in [-0.3, -0.25) is 14.9 Å². The quantitative estimate of drug-likeness (QED) is 0.641. The van der Waals surface area contributed by atoms with E-state index in [4.69, 9.17) is 10.5 Å². The minimum absolute atomic E-state index is 0.0322. The van der Waals surface area contributed by atoms with E-state index < -0.39 is 11.9 Å². The molecule has 0 unspecified atom stereocenters. The number of amides is 2. The van der Waals surface area contributed by atoms with Crippen LogP contribution in [0.1, 0.15) is 35.8 Å². The van der Waals surface area contributed by atoms with Crippen LogP contribution in [0.3, 0.4) is 0 Å². The number of halogens is 1. The molecule has 0 saturated carbocycles. The van der Waals surface area contributed by atoms with Gasteiger partial charge >= 0.3 is 0 Å². The lowest BCUT2D eigenvalue weighted by molar-refractivity contribution is -0.117. The van der Waals surface area contributed by atoms with Crippen LogP contribution in [0.15, 0.2) is 46.9 Å². The first-order valence-electron chi connectivity index (χ1n) is 8.12. The molecule has 0 aliphatic rings. The summed E-state index contributed by atoms with van der Waals surface area (Å²) in [5.74, 6) is 0.0831. The Bertz CT molecular complexity index is 793. The average Bonchev–Trinajstić information content (AvgIpc) is 2.61. The van der Waals surface area contributed by atoms with E-state index in [0.717, 1.165) is 15.8 Å². The van der Waals surface area contributed by atoms with E-state index in [2.05, 4.69) is 26.6 Å². The van der Waals surface area contributed by atoms with Crippen LogP contribution >= 0.6 is 15.9 Å². The molecule has 2 aromatic rings. The van der Waals surface area contributed by atoms with Gasteiger partial charge in [-0.15, -0.1) is 0 Å². The molecule has 2 rings (SSSR count). The van der Waals surface area contributed by atoms with Crippen molar-refractivity contribution in [3.05, 3.63) is 58.1 Å². The Hall–Kier alpha value is -2.38. The number of anilines is 1. The summed E-state index contributed by atoms with van der Waals surface area (Å²) in [6.07, 6.45) is 0. The van der Waals surface area contributed by atoms with Crippen molar-refractivity contribution in [2.75, 3.05) is 12.4 Å². The zero-order valence-electron chi connectivity index (χ0n) is 14.9. The van der Waals surface area contributed by atoms with Crippen LogP contribution < -0.4 is 21.1 Å². The van der Waals surface area contributed by atoms with Crippen LogP contribution in [0.4, 0.5) is 5.69 Å². The Kier molecular flexibility index (Phi) is 6.76. The molecule has 0 spiro atoms. The van der Waals surface area contributed by atoms with Gasteiger partial charge in [-0.05, 0) is 71.7 Å². The molecule has 0 aliphatic carbocycles. The third-order valence-electron chi connectivity index (χ3n) is 4.01. The minimum atomic E-state index is -0.502. The Morgan fingerprint density at radius 3 is 2.31 bits per heavy atom. The fourth-order valence-electron chi connectivity index (χ4n) is 2.47. The van der Waals surface area contributed by atoms with Crippen molar-refractivity contribution in [2.24, 2.45) is 5.73 Å². The van der Waals surface area contributed by atoms with Gasteiger partial charge in [0.25, 0.3) is 0 Å². The molecular weight excluding hydrogens is 398 g/mol. The second kappa shape index (κ2) is 8.82. The fourth-order valence-corrected chi connectivity index (χ4v) is 3.03. The number of methoxy groups -OCH3 is 1. The van der Waals surface area contributed by atoms with Crippen molar-refractivity contribution in [1.82, 2.24) is 5.32 Å². The van der Waals surface area contributed by atoms with E-state index in [0.29, 0.717) is 11.3 Å². The van der Waals surface area contributed by atoms with Gasteiger partial charge in [0.05, 0.1) is 17.6 Å². The molecule has 138 valence electrons. The fraction of sp³-hybridized carbons (Fsp3) is 0.263. The van der Waals surface area contributed by atoms with Crippen LogP contribution in [0.2, 0.25) is 0 Å². The normalized spacial score (nSPS) is 12.9. The number of nitrogens with one attached hydrogen (secondary N) is 2. The SMILES string of the molecule is COc1ccc([C@@H](C)N[C@@H](C)C(=O)Nc2ccc(C(N)=O)cc2)cc1Br. The highest BCUT2D eigenvalue weighted by Crippen LogP contribution is 2.28. The lowest BCUT2D eigenvalue weighted by atomic mass is 10.1. The summed E-state index contributed by atoms with van der Waals surface area (Å²) in [5.41, 5.74) is 7.24. The van der Waals surface area contributed by atoms with Crippen LogP contribution in [-0.4, -0.2) is 25.0 Å². The Labute approximate surface area is 161 Å². The first-order chi connectivity index (χ1) is 12.3. The number of hydrogen-bond acceptors (Lipinski definition) is 4. The maximum absolute atomic E-state index is 12.4. The third kappa shape index (κ3) is 5.06. The molecule has 0 fully saturated rings. The zero-order chi connectivity index (χ0) is 19.3. The maximum Gasteiger partial charge on any atom is 0.248 e. The van der Waals surface area contributed by atoms with Crippen molar-refractivity contribution in [3.63, 3.8) is 0 Å². The molecule has 0 aliphatic heterocycles. The van der Waals surface area contributed by atoms with Gasteiger partial charge in [-0.25, -0.2) is 0 Å². The number of hydrogen-bond donors (Lipinski definition) is 3. The lowest BCUT2D eigenvalue weighted by Crippen LogP contribution is -2.39. The van der Waals surface area contributed by atoms with Crippen molar-refractivity contribution in [3.8, 4) is 5.75 Å². The van der Waals surface area contributed by atoms with E-state index in [1.807, 2.05) is 25.1 Å². The number of benzene rings is 2. The number of carbonyl (C=O) groups excluding carboxylic acids is 2. The van der Waals surface area contributed by atoms with Gasteiger partial charge in [0, 0.05) is 17.3 Å². The third-order valence-corrected chi connectivity index (χ3v) is 4.63. The van der Waals surface area contributed by atoms with Gasteiger partial charge in [-0.1, -0.05) is 6.07 Å². The number of carbonyl (C=O) groups is 2. The number of primary amides is 1. The van der Waals surface area contributed by atoms with E-state index in [9.17, 15) is 9.59 Å². The molecule has 7 heteroatoms. The highest BCUT2D eigenvalue weighted by Gasteiger charge is 2.17. The molecule has 0 aromatic heterocycles. The van der Waals surface area contributed by atoms with Gasteiger partial charge in [0.15, 0.2) is 0 Å². The van der Waals surface area contributed by atoms with Crippen LogP contribution in [0, 0.1) is 0 Å². The smallest absolute Gasteiger partial charge is 0.248 e. The molecule has 0 radical (unpaired) electrons. The molecule has 0 bridgehead atoms. The molecule has 2 atom stereocenters. The van der Waals surface area contributed by atoms with Gasteiger partial charge in [-0.2, -0.15) is 0 Å². The summed E-state index contributed by atoms with van der Waals surface area (Å²) in [7, 11) is 1.61. The largest absolute Gasteiger partial charge is 0.496 e. The summed E-state index contributed by atoms with van der Waals surface area (Å²) in [5, 5.41) is 6.07. The average molecular weight is 420 g/mol. The summed E-state index contributed by atoms with van der Waals surface area (Å²) in [4.78, 5) is 23.4. The number of rotatable bonds is 7. The zero-order valence-corrected chi connectivity index (χ0v) is 16.5. The van der Waals surface area contributed by atoms with Crippen molar-refractivity contribution in [2.45, 2.75) is 25.9 Å². The summed E-state index contributed by atoms with van der Waals surface area (Å²) >= 11 is 3.47. The second-order valence-electron chi connectivity index (χ2n) is 5.93. The molecule has 2 aromatic carbocycles. The van der Waals surface area contributed by atoms with E-state index in [1.165, 1.54) is 0 Å². The van der Waals surface area contributed by atoms with Crippen LogP contribution in [0.25, 0.3) is 0 Å². The number of nitrogens with two attached hydrogens (primary N) is 1. The second-order valence-corrected chi connectivity index (χ2v) is 6.79. The van der Waals surface area contributed by atoms with Crippen molar-refractivity contribution in [1.29, 1.82) is 0 Å². The van der Waals surface area contributed by atoms with Crippen molar-refractivity contribution < 1.29 is 14.3 Å². The first-order valence-corrected chi connectivity index (χ1v) is 8.91. The first kappa shape index (κ1) is 19.9. The summed E-state index contributed by atoms with van der Waals surface area (Å²) < 4.78 is 6.09.